The summed E-state index contributed by atoms with van der Waals surface area (Å²) in [6.45, 7) is 0. The SMILES string of the molecule is O=S(=O)([O-])c1c(I)cc(I)c(OS(=O)(=O)c2c(-c3ccccc3)cc(-c3ccccc3)cc2-c2ccccc2)c1I. The van der Waals surface area contributed by atoms with E-state index in [1.54, 1.807) is 45.2 Å². The molecule has 0 heterocycles. The highest BCUT2D eigenvalue weighted by molar-refractivity contribution is 14.1. The van der Waals surface area contributed by atoms with E-state index >= 15 is 0 Å². The molecule has 208 valence electrons. The molecule has 0 fully saturated rings. The molecule has 11 heteroatoms. The molecular formula is C30H18I3O6S2-. The molecule has 0 N–H and O–H groups in total. The molecule has 0 aliphatic rings. The van der Waals surface area contributed by atoms with Crippen molar-refractivity contribution in [3.05, 3.63) is 120 Å². The minimum Gasteiger partial charge on any atom is -0.744 e. The molecule has 0 aliphatic carbocycles. The van der Waals surface area contributed by atoms with Crippen LogP contribution in [0.5, 0.6) is 5.75 Å². The Hall–Kier alpha value is -2.05. The quantitative estimate of drug-likeness (QED) is 0.0929. The van der Waals surface area contributed by atoms with Gasteiger partial charge < -0.3 is 8.74 Å². The standard InChI is InChI=1S/C30H19I3O6S2/c31-25-18-26(32)30(40(34,35)36)27(33)28(25)39-41(37,38)29-23(20-12-6-2-7-13-20)16-22(19-10-4-1-5-11-19)17-24(29)21-14-8-3-9-15-21/h1-18H,(H,34,35,36)/p-1. The van der Waals surface area contributed by atoms with Gasteiger partial charge in [-0.15, -0.1) is 0 Å². The number of halogens is 3. The Morgan fingerprint density at radius 1 is 0.537 bits per heavy atom. The minimum absolute atomic E-state index is 0.0775. The summed E-state index contributed by atoms with van der Waals surface area (Å²) >= 11 is 5.27. The third-order valence-electron chi connectivity index (χ3n) is 6.14. The molecule has 0 radical (unpaired) electrons. The Bertz CT molecular complexity index is 1910. The first-order valence-corrected chi connectivity index (χ1v) is 17.9. The number of rotatable bonds is 7. The average Bonchev–Trinajstić information content (AvgIpc) is 2.95. The van der Waals surface area contributed by atoms with Crippen molar-refractivity contribution in [1.82, 2.24) is 0 Å². The van der Waals surface area contributed by atoms with Crippen molar-refractivity contribution >= 4 is 88.0 Å². The van der Waals surface area contributed by atoms with Gasteiger partial charge >= 0.3 is 10.1 Å². The second-order valence-corrected chi connectivity index (χ2v) is 15.0. The summed E-state index contributed by atoms with van der Waals surface area (Å²) in [6.07, 6.45) is 0. The lowest BCUT2D eigenvalue weighted by Crippen LogP contribution is -2.16. The van der Waals surface area contributed by atoms with Gasteiger partial charge in [0.25, 0.3) is 0 Å². The van der Waals surface area contributed by atoms with Gasteiger partial charge in [0.05, 0.1) is 12.0 Å². The summed E-state index contributed by atoms with van der Waals surface area (Å²) in [5, 5.41) is 0. The predicted molar refractivity (Wildman–Crippen MR) is 183 cm³/mol. The lowest BCUT2D eigenvalue weighted by Gasteiger charge is -2.21. The Morgan fingerprint density at radius 3 is 1.41 bits per heavy atom. The van der Waals surface area contributed by atoms with Crippen LogP contribution in [0.25, 0.3) is 33.4 Å². The van der Waals surface area contributed by atoms with Gasteiger partial charge in [0.15, 0.2) is 5.75 Å². The molecule has 0 saturated heterocycles. The van der Waals surface area contributed by atoms with Crippen LogP contribution in [0.3, 0.4) is 0 Å². The zero-order valence-electron chi connectivity index (χ0n) is 20.8. The fraction of sp³-hybridized carbons (Fsp3) is 0. The molecule has 6 nitrogen and oxygen atoms in total. The summed E-state index contributed by atoms with van der Waals surface area (Å²) in [4.78, 5) is -0.596. The summed E-state index contributed by atoms with van der Waals surface area (Å²) in [7, 11) is -9.50. The van der Waals surface area contributed by atoms with Gasteiger partial charge in [-0.1, -0.05) is 91.0 Å². The van der Waals surface area contributed by atoms with Gasteiger partial charge in [-0.2, -0.15) is 8.42 Å². The van der Waals surface area contributed by atoms with Crippen molar-refractivity contribution in [2.24, 2.45) is 0 Å². The van der Waals surface area contributed by atoms with Crippen molar-refractivity contribution < 1.29 is 25.6 Å². The summed E-state index contributed by atoms with van der Waals surface area (Å²) in [6, 6.07) is 32.9. The van der Waals surface area contributed by atoms with Crippen LogP contribution in [0, 0.1) is 10.7 Å². The van der Waals surface area contributed by atoms with Crippen LogP contribution in [-0.2, 0) is 20.2 Å². The monoisotopic (exact) mass is 919 g/mol. The molecule has 0 bridgehead atoms. The van der Waals surface area contributed by atoms with Crippen LogP contribution in [0.15, 0.2) is 119 Å². The van der Waals surface area contributed by atoms with Crippen molar-refractivity contribution in [3.63, 3.8) is 0 Å². The largest absolute Gasteiger partial charge is 0.744 e. The van der Waals surface area contributed by atoms with E-state index in [9.17, 15) is 21.4 Å². The molecule has 5 aromatic rings. The highest BCUT2D eigenvalue weighted by Gasteiger charge is 2.31. The number of hydrogen-bond acceptors (Lipinski definition) is 6. The lowest BCUT2D eigenvalue weighted by molar-refractivity contribution is 0.457. The zero-order chi connectivity index (χ0) is 29.4. The third kappa shape index (κ3) is 6.49. The maximum absolute atomic E-state index is 14.3. The van der Waals surface area contributed by atoms with Crippen LogP contribution >= 0.6 is 67.8 Å². The molecule has 0 atom stereocenters. The van der Waals surface area contributed by atoms with E-state index in [1.165, 1.54) is 6.07 Å². The fourth-order valence-electron chi connectivity index (χ4n) is 4.37. The second kappa shape index (κ2) is 12.3. The van der Waals surface area contributed by atoms with Crippen molar-refractivity contribution in [2.75, 3.05) is 0 Å². The molecule has 5 aromatic carbocycles. The third-order valence-corrected chi connectivity index (χ3v) is 11.8. The van der Waals surface area contributed by atoms with Gasteiger partial charge in [-0.3, -0.25) is 0 Å². The molecule has 0 aromatic heterocycles. The van der Waals surface area contributed by atoms with E-state index in [4.69, 9.17) is 4.18 Å². The van der Waals surface area contributed by atoms with Gasteiger partial charge in [0.2, 0.25) is 0 Å². The molecule has 0 amide bonds. The first-order chi connectivity index (χ1) is 19.5. The van der Waals surface area contributed by atoms with E-state index in [0.717, 1.165) is 11.1 Å². The molecular weight excluding hydrogens is 901 g/mol. The van der Waals surface area contributed by atoms with Gasteiger partial charge in [0, 0.05) is 14.7 Å². The fourth-order valence-corrected chi connectivity index (χ4v) is 11.9. The maximum Gasteiger partial charge on any atom is 0.340 e. The normalized spacial score (nSPS) is 11.8. The van der Waals surface area contributed by atoms with Gasteiger partial charge in [0.1, 0.15) is 15.0 Å². The van der Waals surface area contributed by atoms with E-state index < -0.39 is 25.1 Å². The smallest absolute Gasteiger partial charge is 0.340 e. The van der Waals surface area contributed by atoms with Crippen LogP contribution in [-0.4, -0.2) is 21.4 Å². The first-order valence-electron chi connectivity index (χ1n) is 11.9. The highest BCUT2D eigenvalue weighted by atomic mass is 127. The molecule has 0 unspecified atom stereocenters. The van der Waals surface area contributed by atoms with E-state index in [0.29, 0.717) is 25.8 Å². The Kier molecular flexibility index (Phi) is 9.11. The van der Waals surface area contributed by atoms with Crippen LogP contribution in [0.2, 0.25) is 0 Å². The number of benzene rings is 5. The van der Waals surface area contributed by atoms with E-state index in [2.05, 4.69) is 0 Å². The minimum atomic E-state index is -4.91. The molecule has 0 saturated carbocycles. The Morgan fingerprint density at radius 2 is 0.976 bits per heavy atom. The number of hydrogen-bond donors (Lipinski definition) is 0. The molecule has 5 rings (SSSR count). The Labute approximate surface area is 279 Å². The van der Waals surface area contributed by atoms with Crippen molar-refractivity contribution in [3.8, 4) is 39.1 Å². The molecule has 41 heavy (non-hydrogen) atoms. The Balaban J connectivity index is 1.83. The van der Waals surface area contributed by atoms with E-state index in [1.807, 2.05) is 126 Å². The van der Waals surface area contributed by atoms with Crippen molar-refractivity contribution in [1.29, 1.82) is 0 Å². The summed E-state index contributed by atoms with van der Waals surface area (Å²) < 4.78 is 71.0. The average molecular weight is 919 g/mol. The first kappa shape index (κ1) is 30.4. The lowest BCUT2D eigenvalue weighted by atomic mass is 9.93. The summed E-state index contributed by atoms with van der Waals surface area (Å²) in [5.41, 5.74) is 3.84. The highest BCUT2D eigenvalue weighted by Crippen LogP contribution is 2.43. The van der Waals surface area contributed by atoms with Crippen LogP contribution in [0.1, 0.15) is 0 Å². The zero-order valence-corrected chi connectivity index (χ0v) is 28.9. The van der Waals surface area contributed by atoms with Crippen LogP contribution in [0.4, 0.5) is 0 Å². The van der Waals surface area contributed by atoms with Gasteiger partial charge in [-0.25, -0.2) is 8.42 Å². The van der Waals surface area contributed by atoms with E-state index in [-0.39, 0.29) is 17.8 Å². The summed E-state index contributed by atoms with van der Waals surface area (Å²) in [5.74, 6) is -0.216. The molecule has 0 spiro atoms. The molecule has 0 aliphatic heterocycles. The van der Waals surface area contributed by atoms with Crippen LogP contribution < -0.4 is 4.18 Å². The topological polar surface area (TPSA) is 101 Å². The predicted octanol–water partition coefficient (Wildman–Crippen LogP) is 8.17. The van der Waals surface area contributed by atoms with Gasteiger partial charge in [-0.05, 0) is 108 Å². The maximum atomic E-state index is 14.3. The van der Waals surface area contributed by atoms with Crippen molar-refractivity contribution in [2.45, 2.75) is 9.79 Å². The second-order valence-electron chi connectivity index (χ2n) is 8.80.